The third-order valence-corrected chi connectivity index (χ3v) is 5.66. The molecule has 0 unspecified atom stereocenters. The summed E-state index contributed by atoms with van der Waals surface area (Å²) in [5.74, 6) is -0.452. The zero-order valence-electron chi connectivity index (χ0n) is 15.8. The quantitative estimate of drug-likeness (QED) is 0.448. The number of methoxy groups -OCH3 is 1. The molecule has 0 N–H and O–H groups in total. The van der Waals surface area contributed by atoms with E-state index in [0.717, 1.165) is 32.3 Å². The van der Waals surface area contributed by atoms with Crippen molar-refractivity contribution in [2.24, 2.45) is 0 Å². The number of nitrogens with zero attached hydrogens (tertiary/aromatic N) is 1. The van der Waals surface area contributed by atoms with Crippen LogP contribution in [0.2, 0.25) is 0 Å². The Labute approximate surface area is 181 Å². The van der Waals surface area contributed by atoms with Crippen LogP contribution >= 0.6 is 27.7 Å². The highest BCUT2D eigenvalue weighted by molar-refractivity contribution is 9.10. The molecule has 1 atom stereocenters. The second-order valence-electron chi connectivity index (χ2n) is 6.24. The monoisotopic (exact) mass is 475 g/mol. The summed E-state index contributed by atoms with van der Waals surface area (Å²) in [6.45, 7) is 1.90. The van der Waals surface area contributed by atoms with Crippen LogP contribution in [0.15, 0.2) is 57.9 Å². The molecule has 2 amide bonds. The van der Waals surface area contributed by atoms with Crippen molar-refractivity contribution < 1.29 is 23.9 Å². The predicted octanol–water partition coefficient (Wildman–Crippen LogP) is 4.63. The summed E-state index contributed by atoms with van der Waals surface area (Å²) < 4.78 is 11.4. The van der Waals surface area contributed by atoms with Crippen molar-refractivity contribution in [3.05, 3.63) is 69.0 Å². The summed E-state index contributed by atoms with van der Waals surface area (Å²) in [6.07, 6.45) is 1.62. The minimum absolute atomic E-state index is 0.259. The lowest BCUT2D eigenvalue weighted by Gasteiger charge is -2.18. The largest absolute Gasteiger partial charge is 0.489 e. The maximum atomic E-state index is 12.5. The number of esters is 1. The maximum Gasteiger partial charge on any atom is 0.328 e. The number of halogens is 1. The molecule has 2 aromatic carbocycles. The highest BCUT2D eigenvalue weighted by Crippen LogP contribution is 2.34. The molecule has 0 radical (unpaired) electrons. The number of ether oxygens (including phenoxy) is 2. The molecule has 150 valence electrons. The number of thioether (sulfide) groups is 1. The van der Waals surface area contributed by atoms with Crippen LogP contribution in [0.1, 0.15) is 18.1 Å². The molecule has 0 aromatic heterocycles. The molecule has 2 aromatic rings. The number of amides is 2. The van der Waals surface area contributed by atoms with Crippen molar-refractivity contribution in [3.63, 3.8) is 0 Å². The van der Waals surface area contributed by atoms with E-state index in [9.17, 15) is 14.4 Å². The zero-order chi connectivity index (χ0) is 21.0. The van der Waals surface area contributed by atoms with Gasteiger partial charge in [-0.25, -0.2) is 4.79 Å². The normalized spacial score (nSPS) is 16.2. The minimum Gasteiger partial charge on any atom is -0.489 e. The van der Waals surface area contributed by atoms with Crippen molar-refractivity contribution in [1.29, 1.82) is 0 Å². The highest BCUT2D eigenvalue weighted by Gasteiger charge is 2.41. The smallest absolute Gasteiger partial charge is 0.328 e. The van der Waals surface area contributed by atoms with Crippen LogP contribution in [-0.2, 0) is 20.9 Å². The average Bonchev–Trinajstić information content (AvgIpc) is 3.00. The molecule has 1 fully saturated rings. The molecule has 1 aliphatic heterocycles. The minimum atomic E-state index is -0.965. The van der Waals surface area contributed by atoms with Gasteiger partial charge in [-0.2, -0.15) is 0 Å². The molecule has 1 heterocycles. The summed E-state index contributed by atoms with van der Waals surface area (Å²) in [6, 6.07) is 14.1. The number of carbonyl (C=O) groups is 3. The van der Waals surface area contributed by atoms with Crippen LogP contribution in [-0.4, -0.2) is 35.2 Å². The van der Waals surface area contributed by atoms with E-state index in [4.69, 9.17) is 4.74 Å². The molecule has 6 nitrogen and oxygen atoms in total. The van der Waals surface area contributed by atoms with Gasteiger partial charge in [0.15, 0.2) is 0 Å². The molecule has 1 saturated heterocycles. The van der Waals surface area contributed by atoms with Crippen molar-refractivity contribution in [3.8, 4) is 5.75 Å². The van der Waals surface area contributed by atoms with Crippen molar-refractivity contribution in [2.45, 2.75) is 19.6 Å². The number of carbonyl (C=O) groups excluding carboxylic acids is 3. The van der Waals surface area contributed by atoms with E-state index in [1.54, 1.807) is 30.3 Å². The Kier molecular flexibility index (Phi) is 6.76. The van der Waals surface area contributed by atoms with Crippen LogP contribution in [0.5, 0.6) is 5.75 Å². The molecular formula is C21H18BrNO5S. The molecule has 29 heavy (non-hydrogen) atoms. The van der Waals surface area contributed by atoms with Gasteiger partial charge in [0.2, 0.25) is 0 Å². The maximum absolute atomic E-state index is 12.5. The lowest BCUT2D eigenvalue weighted by Crippen LogP contribution is -2.42. The van der Waals surface area contributed by atoms with Crippen molar-refractivity contribution >= 4 is 50.9 Å². The van der Waals surface area contributed by atoms with Gasteiger partial charge in [-0.1, -0.05) is 40.2 Å². The van der Waals surface area contributed by atoms with Gasteiger partial charge in [-0.05, 0) is 60.2 Å². The van der Waals surface area contributed by atoms with Crippen LogP contribution in [0.4, 0.5) is 4.79 Å². The van der Waals surface area contributed by atoms with E-state index in [0.29, 0.717) is 12.4 Å². The summed E-state index contributed by atoms with van der Waals surface area (Å²) in [7, 11) is 1.22. The second-order valence-corrected chi connectivity index (χ2v) is 8.14. The number of benzene rings is 2. The highest BCUT2D eigenvalue weighted by atomic mass is 79.9. The summed E-state index contributed by atoms with van der Waals surface area (Å²) in [5.41, 5.74) is 1.79. The first-order chi connectivity index (χ1) is 13.9. The first kappa shape index (κ1) is 21.1. The van der Waals surface area contributed by atoms with Crippen molar-refractivity contribution in [2.75, 3.05) is 7.11 Å². The number of imide groups is 1. The Balaban J connectivity index is 1.66. The topological polar surface area (TPSA) is 72.9 Å². The van der Waals surface area contributed by atoms with E-state index in [2.05, 4.69) is 20.7 Å². The third-order valence-electron chi connectivity index (χ3n) is 4.25. The fraction of sp³-hybridized carbons (Fsp3) is 0.190. The standard InChI is InChI=1S/C21H18BrNO5S/c1-13(20(25)27-2)23-19(24)18(29-21(23)26)11-14-5-9-17(10-6-14)28-12-15-3-7-16(22)8-4-15/h3-11,13H,12H2,1-2H3/b18-11+/t13-/m1/s1. The van der Waals surface area contributed by atoms with Crippen LogP contribution < -0.4 is 4.74 Å². The van der Waals surface area contributed by atoms with E-state index >= 15 is 0 Å². The second kappa shape index (κ2) is 9.28. The molecule has 0 aliphatic carbocycles. The van der Waals surface area contributed by atoms with Gasteiger partial charge in [0.25, 0.3) is 11.1 Å². The van der Waals surface area contributed by atoms with Gasteiger partial charge < -0.3 is 9.47 Å². The first-order valence-corrected chi connectivity index (χ1v) is 10.3. The summed E-state index contributed by atoms with van der Waals surface area (Å²) in [5, 5.41) is -0.492. The van der Waals surface area contributed by atoms with E-state index < -0.39 is 23.2 Å². The Bertz CT molecular complexity index is 956. The fourth-order valence-electron chi connectivity index (χ4n) is 2.65. The van der Waals surface area contributed by atoms with Crippen LogP contribution in [0, 0.1) is 0 Å². The lowest BCUT2D eigenvalue weighted by atomic mass is 10.2. The number of rotatable bonds is 6. The van der Waals surface area contributed by atoms with Gasteiger partial charge in [0.1, 0.15) is 18.4 Å². The number of hydrogen-bond donors (Lipinski definition) is 0. The van der Waals surface area contributed by atoms with Gasteiger partial charge in [0.05, 0.1) is 12.0 Å². The third kappa shape index (κ3) is 5.07. The first-order valence-electron chi connectivity index (χ1n) is 8.71. The molecule has 8 heteroatoms. The predicted molar refractivity (Wildman–Crippen MR) is 114 cm³/mol. The van der Waals surface area contributed by atoms with E-state index in [1.807, 2.05) is 24.3 Å². The summed E-state index contributed by atoms with van der Waals surface area (Å²) >= 11 is 4.20. The molecule has 0 bridgehead atoms. The lowest BCUT2D eigenvalue weighted by molar-refractivity contribution is -0.148. The molecular weight excluding hydrogens is 458 g/mol. The van der Waals surface area contributed by atoms with Crippen LogP contribution in [0.3, 0.4) is 0 Å². The SMILES string of the molecule is COC(=O)[C@@H](C)N1C(=O)S/C(=C/c2ccc(OCc3ccc(Br)cc3)cc2)C1=O. The van der Waals surface area contributed by atoms with Gasteiger partial charge in [-0.3, -0.25) is 14.5 Å². The van der Waals surface area contributed by atoms with Crippen molar-refractivity contribution in [1.82, 2.24) is 4.90 Å². The Hall–Kier alpha value is -2.58. The van der Waals surface area contributed by atoms with Gasteiger partial charge >= 0.3 is 5.97 Å². The summed E-state index contributed by atoms with van der Waals surface area (Å²) in [4.78, 5) is 37.5. The number of hydrogen-bond acceptors (Lipinski definition) is 6. The Morgan fingerprint density at radius 3 is 2.41 bits per heavy atom. The Morgan fingerprint density at radius 1 is 1.14 bits per heavy atom. The van der Waals surface area contributed by atoms with E-state index in [-0.39, 0.29) is 4.91 Å². The van der Waals surface area contributed by atoms with Gasteiger partial charge in [-0.15, -0.1) is 0 Å². The fourth-order valence-corrected chi connectivity index (χ4v) is 3.82. The molecule has 3 rings (SSSR count). The zero-order valence-corrected chi connectivity index (χ0v) is 18.2. The molecule has 0 spiro atoms. The average molecular weight is 476 g/mol. The van der Waals surface area contributed by atoms with Gasteiger partial charge in [0, 0.05) is 4.47 Å². The van der Waals surface area contributed by atoms with Crippen LogP contribution in [0.25, 0.3) is 6.08 Å². The Morgan fingerprint density at radius 2 is 1.79 bits per heavy atom. The van der Waals surface area contributed by atoms with E-state index in [1.165, 1.54) is 14.0 Å². The molecule has 1 aliphatic rings. The molecule has 0 saturated carbocycles.